The van der Waals surface area contributed by atoms with Crippen molar-refractivity contribution in [2.24, 2.45) is 0 Å². The monoisotopic (exact) mass is 342 g/mol. The van der Waals surface area contributed by atoms with Gasteiger partial charge in [-0.15, -0.1) is 0 Å². The van der Waals surface area contributed by atoms with E-state index in [0.29, 0.717) is 23.3 Å². The lowest BCUT2D eigenvalue weighted by Gasteiger charge is -2.15. The van der Waals surface area contributed by atoms with Crippen LogP contribution in [0.2, 0.25) is 5.02 Å². The van der Waals surface area contributed by atoms with Crippen molar-refractivity contribution < 1.29 is 14.3 Å². The summed E-state index contributed by atoms with van der Waals surface area (Å²) in [6.45, 7) is 3.50. The Balaban J connectivity index is 2.38. The van der Waals surface area contributed by atoms with Gasteiger partial charge in [-0.1, -0.05) is 23.7 Å². The van der Waals surface area contributed by atoms with Crippen LogP contribution in [0, 0.1) is 11.3 Å². The Morgan fingerprint density at radius 2 is 1.96 bits per heavy atom. The maximum Gasteiger partial charge on any atom is 0.338 e. The SMILES string of the molecule is CCOC(=O)c1ccc(C(C(C)=O)c2cnc(C#N)c(Cl)c2)cc1. The highest BCUT2D eigenvalue weighted by atomic mass is 35.5. The molecular formula is C18H15ClN2O3. The van der Waals surface area contributed by atoms with Gasteiger partial charge in [-0.3, -0.25) is 4.79 Å². The summed E-state index contributed by atoms with van der Waals surface area (Å²) in [7, 11) is 0. The molecule has 122 valence electrons. The standard InChI is InChI=1S/C18H15ClN2O3/c1-3-24-18(23)13-6-4-12(5-7-13)17(11(2)22)14-8-15(19)16(9-20)21-10-14/h4-8,10,17H,3H2,1-2H3. The van der Waals surface area contributed by atoms with E-state index in [9.17, 15) is 9.59 Å². The fourth-order valence-electron chi connectivity index (χ4n) is 2.38. The Kier molecular flexibility index (Phi) is 5.67. The number of hydrogen-bond acceptors (Lipinski definition) is 5. The molecule has 0 aliphatic rings. The number of nitrogens with zero attached hydrogens (tertiary/aromatic N) is 2. The summed E-state index contributed by atoms with van der Waals surface area (Å²) in [5, 5.41) is 9.09. The molecular weight excluding hydrogens is 328 g/mol. The van der Waals surface area contributed by atoms with Gasteiger partial charge in [0.2, 0.25) is 0 Å². The number of ether oxygens (including phenoxy) is 1. The number of benzene rings is 1. The second-order valence-corrected chi connectivity index (χ2v) is 5.50. The highest BCUT2D eigenvalue weighted by Gasteiger charge is 2.21. The molecule has 24 heavy (non-hydrogen) atoms. The molecule has 2 rings (SSSR count). The van der Waals surface area contributed by atoms with Crippen LogP contribution >= 0.6 is 11.6 Å². The maximum absolute atomic E-state index is 12.1. The van der Waals surface area contributed by atoms with Crippen LogP contribution in [0.3, 0.4) is 0 Å². The molecule has 0 radical (unpaired) electrons. The van der Waals surface area contributed by atoms with E-state index in [4.69, 9.17) is 21.6 Å². The predicted octanol–water partition coefficient (Wildman–Crippen LogP) is 3.50. The Labute approximate surface area is 144 Å². The molecule has 1 atom stereocenters. The molecule has 1 unspecified atom stereocenters. The fraction of sp³-hybridized carbons (Fsp3) is 0.222. The minimum Gasteiger partial charge on any atom is -0.462 e. The molecule has 6 heteroatoms. The van der Waals surface area contributed by atoms with E-state index in [2.05, 4.69) is 4.98 Å². The van der Waals surface area contributed by atoms with Crippen molar-refractivity contribution in [3.63, 3.8) is 0 Å². The number of Topliss-reactive ketones (excluding diaryl/α,β-unsaturated/α-hetero) is 1. The number of esters is 1. The van der Waals surface area contributed by atoms with E-state index in [0.717, 1.165) is 0 Å². The zero-order valence-electron chi connectivity index (χ0n) is 13.2. The van der Waals surface area contributed by atoms with E-state index in [-0.39, 0.29) is 16.5 Å². The van der Waals surface area contributed by atoms with E-state index in [1.807, 2.05) is 6.07 Å². The van der Waals surface area contributed by atoms with Gasteiger partial charge in [0, 0.05) is 6.20 Å². The van der Waals surface area contributed by atoms with Crippen molar-refractivity contribution in [2.45, 2.75) is 19.8 Å². The summed E-state index contributed by atoms with van der Waals surface area (Å²) in [6, 6.07) is 10.1. The fourth-order valence-corrected chi connectivity index (χ4v) is 2.60. The second-order valence-electron chi connectivity index (χ2n) is 5.10. The molecule has 1 aromatic carbocycles. The minimum absolute atomic E-state index is 0.0959. The van der Waals surface area contributed by atoms with Gasteiger partial charge in [0.1, 0.15) is 11.9 Å². The van der Waals surface area contributed by atoms with Crippen LogP contribution in [-0.4, -0.2) is 23.3 Å². The average molecular weight is 343 g/mol. The van der Waals surface area contributed by atoms with Crippen LogP contribution in [0.25, 0.3) is 0 Å². The lowest BCUT2D eigenvalue weighted by atomic mass is 9.88. The van der Waals surface area contributed by atoms with Crippen LogP contribution in [0.15, 0.2) is 36.5 Å². The van der Waals surface area contributed by atoms with E-state index in [1.54, 1.807) is 37.3 Å². The van der Waals surface area contributed by atoms with Gasteiger partial charge in [-0.05, 0) is 43.2 Å². The van der Waals surface area contributed by atoms with Crippen molar-refractivity contribution in [1.82, 2.24) is 4.98 Å². The largest absolute Gasteiger partial charge is 0.462 e. The molecule has 0 saturated heterocycles. The highest BCUT2D eigenvalue weighted by molar-refractivity contribution is 6.31. The number of hydrogen-bond donors (Lipinski definition) is 0. The quantitative estimate of drug-likeness (QED) is 0.777. The summed E-state index contributed by atoms with van der Waals surface area (Å²) >= 11 is 6.01. The first kappa shape index (κ1) is 17.6. The number of halogens is 1. The van der Waals surface area contributed by atoms with Crippen LogP contribution in [0.5, 0.6) is 0 Å². The van der Waals surface area contributed by atoms with Crippen LogP contribution in [0.1, 0.15) is 46.9 Å². The van der Waals surface area contributed by atoms with E-state index < -0.39 is 11.9 Å². The summed E-state index contributed by atoms with van der Waals surface area (Å²) < 4.78 is 4.94. The van der Waals surface area contributed by atoms with Gasteiger partial charge in [0.15, 0.2) is 5.69 Å². The van der Waals surface area contributed by atoms with Crippen molar-refractivity contribution in [3.8, 4) is 6.07 Å². The summed E-state index contributed by atoms with van der Waals surface area (Å²) in [5.41, 5.74) is 1.83. The van der Waals surface area contributed by atoms with Gasteiger partial charge >= 0.3 is 5.97 Å². The molecule has 5 nitrogen and oxygen atoms in total. The second kappa shape index (κ2) is 7.71. The Hall–Kier alpha value is -2.71. The third kappa shape index (κ3) is 3.79. The molecule has 0 aliphatic carbocycles. The van der Waals surface area contributed by atoms with Crippen molar-refractivity contribution in [3.05, 3.63) is 63.9 Å². The number of aromatic nitrogens is 1. The van der Waals surface area contributed by atoms with Crippen molar-refractivity contribution in [1.29, 1.82) is 5.26 Å². The first-order valence-corrected chi connectivity index (χ1v) is 7.68. The summed E-state index contributed by atoms with van der Waals surface area (Å²) in [5.74, 6) is -1.08. The predicted molar refractivity (Wildman–Crippen MR) is 88.9 cm³/mol. The number of carbonyl (C=O) groups is 2. The molecule has 2 aromatic rings. The minimum atomic E-state index is -0.570. The number of nitriles is 1. The molecule has 0 bridgehead atoms. The summed E-state index contributed by atoms with van der Waals surface area (Å²) in [4.78, 5) is 27.8. The van der Waals surface area contributed by atoms with Gasteiger partial charge in [0.05, 0.1) is 23.1 Å². The molecule has 0 N–H and O–H groups in total. The normalized spacial score (nSPS) is 11.4. The van der Waals surface area contributed by atoms with Gasteiger partial charge in [-0.2, -0.15) is 5.26 Å². The average Bonchev–Trinajstić information content (AvgIpc) is 2.56. The van der Waals surface area contributed by atoms with Gasteiger partial charge in [-0.25, -0.2) is 9.78 Å². The molecule has 1 heterocycles. The maximum atomic E-state index is 12.1. The lowest BCUT2D eigenvalue weighted by molar-refractivity contribution is -0.117. The number of rotatable bonds is 5. The van der Waals surface area contributed by atoms with E-state index >= 15 is 0 Å². The lowest BCUT2D eigenvalue weighted by Crippen LogP contribution is -2.12. The van der Waals surface area contributed by atoms with Gasteiger partial charge in [0.25, 0.3) is 0 Å². The van der Waals surface area contributed by atoms with Gasteiger partial charge < -0.3 is 4.74 Å². The third-order valence-corrected chi connectivity index (χ3v) is 3.75. The summed E-state index contributed by atoms with van der Waals surface area (Å²) in [6.07, 6.45) is 1.47. The molecule has 0 amide bonds. The van der Waals surface area contributed by atoms with Crippen molar-refractivity contribution in [2.75, 3.05) is 6.61 Å². The first-order chi connectivity index (χ1) is 11.5. The van der Waals surface area contributed by atoms with Crippen LogP contribution in [0.4, 0.5) is 0 Å². The van der Waals surface area contributed by atoms with E-state index in [1.165, 1.54) is 13.1 Å². The molecule has 0 saturated carbocycles. The van der Waals surface area contributed by atoms with Crippen LogP contribution < -0.4 is 0 Å². The molecule has 1 aromatic heterocycles. The smallest absolute Gasteiger partial charge is 0.338 e. The topological polar surface area (TPSA) is 80.1 Å². The number of carbonyl (C=O) groups excluding carboxylic acids is 2. The van der Waals surface area contributed by atoms with Crippen LogP contribution in [-0.2, 0) is 9.53 Å². The molecule has 0 aliphatic heterocycles. The number of ketones is 1. The third-order valence-electron chi connectivity index (χ3n) is 3.46. The zero-order chi connectivity index (χ0) is 17.7. The molecule has 0 fully saturated rings. The Bertz CT molecular complexity index is 810. The number of pyridine rings is 1. The molecule has 0 spiro atoms. The Morgan fingerprint density at radius 1 is 1.29 bits per heavy atom. The first-order valence-electron chi connectivity index (χ1n) is 7.31. The highest BCUT2D eigenvalue weighted by Crippen LogP contribution is 2.28. The Morgan fingerprint density at radius 3 is 2.46 bits per heavy atom. The zero-order valence-corrected chi connectivity index (χ0v) is 14.0. The van der Waals surface area contributed by atoms with Crippen molar-refractivity contribution >= 4 is 23.4 Å².